The molecule has 0 bridgehead atoms. The van der Waals surface area contributed by atoms with Gasteiger partial charge in [-0.25, -0.2) is 0 Å². The standard InChI is InChI=1S/C11H12F3N/c12-11(13,14)8-3-1-2-7(6-8)9-4-5-10(9)15/h1-3,6,9-10H,4-5,15H2. The van der Waals surface area contributed by atoms with E-state index in [1.54, 1.807) is 6.07 Å². The minimum atomic E-state index is -4.26. The SMILES string of the molecule is NC1CCC1c1cccc(C(F)(F)F)c1. The molecular weight excluding hydrogens is 203 g/mol. The average molecular weight is 215 g/mol. The van der Waals surface area contributed by atoms with Crippen LogP contribution in [0.3, 0.4) is 0 Å². The maximum atomic E-state index is 12.4. The summed E-state index contributed by atoms with van der Waals surface area (Å²) in [6.45, 7) is 0. The van der Waals surface area contributed by atoms with E-state index < -0.39 is 11.7 Å². The summed E-state index contributed by atoms with van der Waals surface area (Å²) < 4.78 is 37.3. The van der Waals surface area contributed by atoms with Crippen LogP contribution in [-0.4, -0.2) is 6.04 Å². The quantitative estimate of drug-likeness (QED) is 0.765. The van der Waals surface area contributed by atoms with E-state index in [1.807, 2.05) is 0 Å². The lowest BCUT2D eigenvalue weighted by Crippen LogP contribution is -2.37. The molecule has 1 saturated carbocycles. The van der Waals surface area contributed by atoms with Crippen LogP contribution in [0.1, 0.15) is 29.9 Å². The van der Waals surface area contributed by atoms with E-state index in [9.17, 15) is 13.2 Å². The topological polar surface area (TPSA) is 26.0 Å². The van der Waals surface area contributed by atoms with Crippen molar-refractivity contribution in [2.24, 2.45) is 5.73 Å². The van der Waals surface area contributed by atoms with Crippen molar-refractivity contribution < 1.29 is 13.2 Å². The molecule has 2 rings (SSSR count). The summed E-state index contributed by atoms with van der Waals surface area (Å²) in [5.74, 6) is 0.104. The summed E-state index contributed by atoms with van der Waals surface area (Å²) >= 11 is 0. The Bertz CT molecular complexity index is 359. The van der Waals surface area contributed by atoms with Gasteiger partial charge in [-0.05, 0) is 30.4 Å². The van der Waals surface area contributed by atoms with Crippen LogP contribution in [0.4, 0.5) is 13.2 Å². The lowest BCUT2D eigenvalue weighted by Gasteiger charge is -2.34. The fourth-order valence-electron chi connectivity index (χ4n) is 1.89. The van der Waals surface area contributed by atoms with Crippen LogP contribution < -0.4 is 5.73 Å². The zero-order chi connectivity index (χ0) is 11.1. The normalized spacial score (nSPS) is 26.1. The van der Waals surface area contributed by atoms with Gasteiger partial charge in [-0.15, -0.1) is 0 Å². The molecule has 2 unspecified atom stereocenters. The van der Waals surface area contributed by atoms with Crippen molar-refractivity contribution in [3.05, 3.63) is 35.4 Å². The zero-order valence-corrected chi connectivity index (χ0v) is 8.09. The largest absolute Gasteiger partial charge is 0.416 e. The van der Waals surface area contributed by atoms with E-state index in [1.165, 1.54) is 12.1 Å². The second-order valence-corrected chi connectivity index (χ2v) is 3.97. The highest BCUT2D eigenvalue weighted by Gasteiger charge is 2.33. The van der Waals surface area contributed by atoms with Crippen LogP contribution in [-0.2, 0) is 6.18 Å². The second kappa shape index (κ2) is 3.52. The molecule has 1 nitrogen and oxygen atoms in total. The molecule has 2 atom stereocenters. The molecule has 1 aliphatic carbocycles. The van der Waals surface area contributed by atoms with Crippen molar-refractivity contribution in [2.45, 2.75) is 31.0 Å². The van der Waals surface area contributed by atoms with Gasteiger partial charge in [0.1, 0.15) is 0 Å². The summed E-state index contributed by atoms with van der Waals surface area (Å²) in [4.78, 5) is 0. The first kappa shape index (κ1) is 10.5. The summed E-state index contributed by atoms with van der Waals surface area (Å²) in [7, 11) is 0. The van der Waals surface area contributed by atoms with Crippen molar-refractivity contribution >= 4 is 0 Å². The molecule has 15 heavy (non-hydrogen) atoms. The van der Waals surface area contributed by atoms with Gasteiger partial charge in [0.05, 0.1) is 5.56 Å². The molecule has 1 aromatic carbocycles. The molecule has 0 heterocycles. The second-order valence-electron chi connectivity index (χ2n) is 3.97. The molecule has 2 N–H and O–H groups in total. The monoisotopic (exact) mass is 215 g/mol. The van der Waals surface area contributed by atoms with Crippen LogP contribution in [0.15, 0.2) is 24.3 Å². The molecular formula is C11H12F3N. The van der Waals surface area contributed by atoms with Crippen molar-refractivity contribution in [3.63, 3.8) is 0 Å². The average Bonchev–Trinajstić information content (AvgIpc) is 2.15. The van der Waals surface area contributed by atoms with Gasteiger partial charge in [-0.2, -0.15) is 13.2 Å². The Labute approximate surface area is 86.1 Å². The van der Waals surface area contributed by atoms with Gasteiger partial charge in [0.15, 0.2) is 0 Å². The lowest BCUT2D eigenvalue weighted by atomic mass is 9.75. The summed E-state index contributed by atoms with van der Waals surface area (Å²) in [6.07, 6.45) is -2.47. The maximum Gasteiger partial charge on any atom is 0.416 e. The molecule has 1 aromatic rings. The van der Waals surface area contributed by atoms with Crippen LogP contribution in [0.2, 0.25) is 0 Å². The molecule has 1 fully saturated rings. The first-order valence-electron chi connectivity index (χ1n) is 4.91. The van der Waals surface area contributed by atoms with Gasteiger partial charge in [0, 0.05) is 6.04 Å². The molecule has 82 valence electrons. The first-order valence-corrected chi connectivity index (χ1v) is 4.91. The van der Waals surface area contributed by atoms with Crippen molar-refractivity contribution in [2.75, 3.05) is 0 Å². The molecule has 0 saturated heterocycles. The molecule has 0 spiro atoms. The summed E-state index contributed by atoms with van der Waals surface area (Å²) in [5.41, 5.74) is 5.86. The molecule has 0 radical (unpaired) electrons. The van der Waals surface area contributed by atoms with Gasteiger partial charge in [0.2, 0.25) is 0 Å². The van der Waals surface area contributed by atoms with Crippen LogP contribution in [0.25, 0.3) is 0 Å². The van der Waals surface area contributed by atoms with Crippen LogP contribution >= 0.6 is 0 Å². The molecule has 1 aliphatic rings. The smallest absolute Gasteiger partial charge is 0.327 e. The number of hydrogen-bond acceptors (Lipinski definition) is 1. The number of hydrogen-bond donors (Lipinski definition) is 1. The summed E-state index contributed by atoms with van der Waals surface area (Å²) in [5, 5.41) is 0. The first-order chi connectivity index (χ1) is 6.98. The van der Waals surface area contributed by atoms with E-state index in [0.29, 0.717) is 5.56 Å². The zero-order valence-electron chi connectivity index (χ0n) is 8.09. The highest BCUT2D eigenvalue weighted by atomic mass is 19.4. The molecule has 0 aromatic heterocycles. The van der Waals surface area contributed by atoms with Gasteiger partial charge < -0.3 is 5.73 Å². The van der Waals surface area contributed by atoms with E-state index in [0.717, 1.165) is 18.9 Å². The number of rotatable bonds is 1. The Kier molecular flexibility index (Phi) is 2.46. The molecule has 0 amide bonds. The fraction of sp³-hybridized carbons (Fsp3) is 0.455. The highest BCUT2D eigenvalue weighted by Crippen LogP contribution is 2.38. The predicted octanol–water partition coefficient (Wildman–Crippen LogP) is 2.91. The van der Waals surface area contributed by atoms with E-state index in [-0.39, 0.29) is 12.0 Å². The minimum Gasteiger partial charge on any atom is -0.327 e. The fourth-order valence-corrected chi connectivity index (χ4v) is 1.89. The van der Waals surface area contributed by atoms with E-state index in [4.69, 9.17) is 5.73 Å². The third-order valence-corrected chi connectivity index (χ3v) is 2.97. The van der Waals surface area contributed by atoms with E-state index >= 15 is 0 Å². The van der Waals surface area contributed by atoms with Crippen molar-refractivity contribution in [1.82, 2.24) is 0 Å². The predicted molar refractivity (Wildman–Crippen MR) is 51.4 cm³/mol. The summed E-state index contributed by atoms with van der Waals surface area (Å²) in [6, 6.07) is 5.49. The third kappa shape index (κ3) is 2.00. The Morgan fingerprint density at radius 1 is 1.20 bits per heavy atom. The van der Waals surface area contributed by atoms with Gasteiger partial charge in [0.25, 0.3) is 0 Å². The van der Waals surface area contributed by atoms with Crippen molar-refractivity contribution in [3.8, 4) is 0 Å². The Morgan fingerprint density at radius 3 is 2.40 bits per heavy atom. The molecule has 4 heteroatoms. The maximum absolute atomic E-state index is 12.4. The number of nitrogens with two attached hydrogens (primary N) is 1. The Morgan fingerprint density at radius 2 is 1.93 bits per heavy atom. The molecule has 0 aliphatic heterocycles. The van der Waals surface area contributed by atoms with E-state index in [2.05, 4.69) is 0 Å². The van der Waals surface area contributed by atoms with Gasteiger partial charge >= 0.3 is 6.18 Å². The Balaban J connectivity index is 2.27. The number of alkyl halides is 3. The third-order valence-electron chi connectivity index (χ3n) is 2.97. The minimum absolute atomic E-state index is 0.0217. The lowest BCUT2D eigenvalue weighted by molar-refractivity contribution is -0.137. The van der Waals surface area contributed by atoms with Gasteiger partial charge in [-0.1, -0.05) is 18.2 Å². The van der Waals surface area contributed by atoms with Crippen LogP contribution in [0, 0.1) is 0 Å². The Hall–Kier alpha value is -1.03. The number of benzene rings is 1. The highest BCUT2D eigenvalue weighted by molar-refractivity contribution is 5.30. The van der Waals surface area contributed by atoms with Gasteiger partial charge in [-0.3, -0.25) is 0 Å². The van der Waals surface area contributed by atoms with Crippen LogP contribution in [0.5, 0.6) is 0 Å². The number of halogens is 3. The van der Waals surface area contributed by atoms with Crippen molar-refractivity contribution in [1.29, 1.82) is 0 Å².